The van der Waals surface area contributed by atoms with Crippen molar-refractivity contribution in [1.82, 2.24) is 10.3 Å². The molecule has 6 nitrogen and oxygen atoms in total. The molecule has 0 amide bonds. The van der Waals surface area contributed by atoms with Gasteiger partial charge in [-0.2, -0.15) is 0 Å². The maximum Gasteiger partial charge on any atom is 0.278 e. The highest BCUT2D eigenvalue weighted by Gasteiger charge is 2.34. The summed E-state index contributed by atoms with van der Waals surface area (Å²) < 4.78 is 19.2. The van der Waals surface area contributed by atoms with E-state index in [2.05, 4.69) is 10.3 Å². The Morgan fingerprint density at radius 3 is 2.68 bits per heavy atom. The van der Waals surface area contributed by atoms with Crippen LogP contribution in [0, 0.1) is 15.9 Å². The Morgan fingerprint density at radius 2 is 2.00 bits per heavy atom. The molecular weight excluding hydrogens is 408 g/mol. The van der Waals surface area contributed by atoms with Crippen molar-refractivity contribution in [1.29, 1.82) is 0 Å². The molecule has 146 valence electrons. The van der Waals surface area contributed by atoms with Gasteiger partial charge in [-0.3, -0.25) is 10.1 Å². The van der Waals surface area contributed by atoms with Crippen molar-refractivity contribution in [2.45, 2.75) is 25.4 Å². The molecule has 4 rings (SSSR count). The van der Waals surface area contributed by atoms with Gasteiger partial charge in [0.1, 0.15) is 11.6 Å². The zero-order valence-corrected chi connectivity index (χ0v) is 16.5. The van der Waals surface area contributed by atoms with Crippen molar-refractivity contribution in [3.8, 4) is 5.75 Å². The van der Waals surface area contributed by atoms with Crippen LogP contribution in [0.25, 0.3) is 10.9 Å². The molecule has 0 aliphatic carbocycles. The van der Waals surface area contributed by atoms with E-state index in [4.69, 9.17) is 27.9 Å². The van der Waals surface area contributed by atoms with E-state index >= 15 is 0 Å². The molecule has 2 N–H and O–H groups in total. The molecule has 1 aromatic heterocycles. The van der Waals surface area contributed by atoms with Crippen LogP contribution in [0.15, 0.2) is 24.3 Å². The average Bonchev–Trinajstić information content (AvgIpc) is 2.98. The molecule has 2 unspecified atom stereocenters. The Hall–Kier alpha value is -2.35. The second-order valence-corrected chi connectivity index (χ2v) is 7.65. The third-order valence-corrected chi connectivity index (χ3v) is 5.62. The molecule has 2 atom stereocenters. The molecule has 0 fully saturated rings. The SMILES string of the molecule is COc1cc([N+](=O)[O-])c(C2NC(C)Cc3c2[nH]c2cc(Cl)c(F)cc32)cc1Cl. The number of ether oxygens (including phenoxy) is 1. The number of aromatic nitrogens is 1. The number of fused-ring (bicyclic) bond motifs is 3. The van der Waals surface area contributed by atoms with Gasteiger partial charge >= 0.3 is 0 Å². The second-order valence-electron chi connectivity index (χ2n) is 6.84. The topological polar surface area (TPSA) is 80.2 Å². The standard InChI is InChI=1S/C19H16Cl2FN3O3/c1-8-3-10-9-5-14(22)12(20)6-15(9)24-18(10)19(23-8)11-4-13(21)17(28-2)7-16(11)25(26)27/h4-8,19,23-24H,3H2,1-2H3. The molecule has 1 aliphatic rings. The zero-order chi connectivity index (χ0) is 20.2. The molecule has 1 aliphatic heterocycles. The van der Waals surface area contributed by atoms with Crippen LogP contribution in [0.1, 0.15) is 29.8 Å². The van der Waals surface area contributed by atoms with Crippen LogP contribution in [0.4, 0.5) is 10.1 Å². The minimum atomic E-state index is -0.517. The number of H-pyrrole nitrogens is 1. The van der Waals surface area contributed by atoms with Crippen molar-refractivity contribution >= 4 is 39.8 Å². The molecule has 2 aromatic carbocycles. The summed E-state index contributed by atoms with van der Waals surface area (Å²) in [6.45, 7) is 1.97. The maximum atomic E-state index is 14.0. The summed E-state index contributed by atoms with van der Waals surface area (Å²) in [5.41, 5.74) is 2.62. The summed E-state index contributed by atoms with van der Waals surface area (Å²) in [6, 6.07) is 5.28. The summed E-state index contributed by atoms with van der Waals surface area (Å²) in [6.07, 6.45) is 0.643. The number of methoxy groups -OCH3 is 1. The van der Waals surface area contributed by atoms with Crippen LogP contribution in [0.3, 0.4) is 0 Å². The van der Waals surface area contributed by atoms with Crippen molar-refractivity contribution in [3.63, 3.8) is 0 Å². The van der Waals surface area contributed by atoms with Crippen molar-refractivity contribution in [2.75, 3.05) is 7.11 Å². The number of nitro benzene ring substituents is 1. The normalized spacial score (nSPS) is 18.9. The van der Waals surface area contributed by atoms with Gasteiger partial charge in [-0.05, 0) is 37.1 Å². The summed E-state index contributed by atoms with van der Waals surface area (Å²) in [7, 11) is 1.40. The zero-order valence-electron chi connectivity index (χ0n) is 15.0. The minimum Gasteiger partial charge on any atom is -0.495 e. The number of nitrogens with zero attached hydrogens (tertiary/aromatic N) is 1. The van der Waals surface area contributed by atoms with Crippen LogP contribution in [-0.2, 0) is 6.42 Å². The third kappa shape index (κ3) is 2.99. The van der Waals surface area contributed by atoms with E-state index in [1.807, 2.05) is 6.92 Å². The molecular formula is C19H16Cl2FN3O3. The molecule has 0 saturated heterocycles. The fourth-order valence-electron chi connectivity index (χ4n) is 3.81. The van der Waals surface area contributed by atoms with Crippen molar-refractivity contribution in [3.05, 3.63) is 67.1 Å². The Morgan fingerprint density at radius 1 is 1.25 bits per heavy atom. The average molecular weight is 424 g/mol. The quantitative estimate of drug-likeness (QED) is 0.450. The fraction of sp³-hybridized carbons (Fsp3) is 0.263. The molecule has 9 heteroatoms. The van der Waals surface area contributed by atoms with Gasteiger partial charge in [0, 0.05) is 22.6 Å². The third-order valence-electron chi connectivity index (χ3n) is 5.04. The van der Waals surface area contributed by atoms with Crippen LogP contribution >= 0.6 is 23.2 Å². The molecule has 0 saturated carbocycles. The van der Waals surface area contributed by atoms with Crippen LogP contribution < -0.4 is 10.1 Å². The van der Waals surface area contributed by atoms with Gasteiger partial charge in [0.05, 0.1) is 39.8 Å². The number of benzene rings is 2. The maximum absolute atomic E-state index is 14.0. The van der Waals surface area contributed by atoms with E-state index < -0.39 is 16.8 Å². The first-order chi connectivity index (χ1) is 13.3. The van der Waals surface area contributed by atoms with Gasteiger partial charge < -0.3 is 15.0 Å². The fourth-order valence-corrected chi connectivity index (χ4v) is 4.23. The number of rotatable bonds is 3. The van der Waals surface area contributed by atoms with Gasteiger partial charge in [-0.1, -0.05) is 23.2 Å². The van der Waals surface area contributed by atoms with Crippen molar-refractivity contribution in [2.24, 2.45) is 0 Å². The summed E-state index contributed by atoms with van der Waals surface area (Å²) in [5, 5.41) is 16.1. The van der Waals surface area contributed by atoms with Gasteiger partial charge in [0.15, 0.2) is 0 Å². The predicted octanol–water partition coefficient (Wildman–Crippen LogP) is 5.15. The Balaban J connectivity index is 1.96. The Bertz CT molecular complexity index is 1120. The lowest BCUT2D eigenvalue weighted by molar-refractivity contribution is -0.385. The smallest absolute Gasteiger partial charge is 0.278 e. The molecule has 2 heterocycles. The van der Waals surface area contributed by atoms with Crippen LogP contribution in [-0.4, -0.2) is 23.1 Å². The summed E-state index contributed by atoms with van der Waals surface area (Å²) >= 11 is 12.2. The lowest BCUT2D eigenvalue weighted by Gasteiger charge is -2.29. The van der Waals surface area contributed by atoms with E-state index in [0.717, 1.165) is 16.6 Å². The Labute approximate surface area is 169 Å². The number of nitrogens with one attached hydrogen (secondary N) is 2. The lowest BCUT2D eigenvalue weighted by Crippen LogP contribution is -2.38. The predicted molar refractivity (Wildman–Crippen MR) is 106 cm³/mol. The van der Waals surface area contributed by atoms with E-state index in [0.29, 0.717) is 17.5 Å². The molecule has 0 spiro atoms. The van der Waals surface area contributed by atoms with Gasteiger partial charge in [-0.25, -0.2) is 4.39 Å². The van der Waals surface area contributed by atoms with E-state index in [1.54, 1.807) is 0 Å². The largest absolute Gasteiger partial charge is 0.495 e. The van der Waals surface area contributed by atoms with Crippen molar-refractivity contribution < 1.29 is 14.1 Å². The first-order valence-corrected chi connectivity index (χ1v) is 9.33. The van der Waals surface area contributed by atoms with Crippen LogP contribution in [0.2, 0.25) is 10.0 Å². The highest BCUT2D eigenvalue weighted by Crippen LogP contribution is 2.42. The number of nitro groups is 1. The number of hydrogen-bond acceptors (Lipinski definition) is 4. The number of hydrogen-bond donors (Lipinski definition) is 2. The second kappa shape index (κ2) is 6.92. The summed E-state index contributed by atoms with van der Waals surface area (Å²) in [4.78, 5) is 14.5. The van der Waals surface area contributed by atoms with Crippen LogP contribution in [0.5, 0.6) is 5.75 Å². The lowest BCUT2D eigenvalue weighted by atomic mass is 9.90. The van der Waals surface area contributed by atoms with E-state index in [-0.39, 0.29) is 27.5 Å². The first kappa shape index (κ1) is 19.0. The highest BCUT2D eigenvalue weighted by atomic mass is 35.5. The van der Waals surface area contributed by atoms with Gasteiger partial charge in [-0.15, -0.1) is 0 Å². The van der Waals surface area contributed by atoms with Gasteiger partial charge in [0.25, 0.3) is 5.69 Å². The molecule has 0 radical (unpaired) electrons. The Kier molecular flexibility index (Phi) is 4.69. The molecule has 3 aromatic rings. The van der Waals surface area contributed by atoms with E-state index in [9.17, 15) is 14.5 Å². The molecule has 0 bridgehead atoms. The monoisotopic (exact) mass is 423 g/mol. The first-order valence-electron chi connectivity index (χ1n) is 8.57. The highest BCUT2D eigenvalue weighted by molar-refractivity contribution is 6.32. The van der Waals surface area contributed by atoms with E-state index in [1.165, 1.54) is 31.4 Å². The number of aromatic amines is 1. The number of halogens is 3. The minimum absolute atomic E-state index is 0.00993. The molecule has 28 heavy (non-hydrogen) atoms. The van der Waals surface area contributed by atoms with Gasteiger partial charge in [0.2, 0.25) is 0 Å². The summed E-state index contributed by atoms with van der Waals surface area (Å²) in [5.74, 6) is -0.274.